The Kier molecular flexibility index (Phi) is 7.58. The molecule has 4 heterocycles. The van der Waals surface area contributed by atoms with Crippen molar-refractivity contribution in [3.05, 3.63) is 87.4 Å². The molecular weight excluding hydrogens is 468 g/mol. The molecule has 4 aromatic rings. The van der Waals surface area contributed by atoms with E-state index in [9.17, 15) is 4.79 Å². The molecule has 7 heteroatoms. The Morgan fingerprint density at radius 1 is 1.00 bits per heavy atom. The lowest BCUT2D eigenvalue weighted by Gasteiger charge is -2.28. The zero-order chi connectivity index (χ0) is 24.9. The molecule has 1 fully saturated rings. The monoisotopic (exact) mass is 500 g/mol. The molecule has 5 rings (SSSR count). The van der Waals surface area contributed by atoms with Crippen molar-refractivity contribution in [1.82, 2.24) is 19.4 Å². The number of thiazole rings is 1. The van der Waals surface area contributed by atoms with Gasteiger partial charge in [0.15, 0.2) is 0 Å². The van der Waals surface area contributed by atoms with Crippen LogP contribution in [0.4, 0.5) is 0 Å². The van der Waals surface area contributed by atoms with E-state index in [4.69, 9.17) is 9.72 Å². The van der Waals surface area contributed by atoms with Crippen LogP contribution in [0.2, 0.25) is 0 Å². The number of rotatable bonds is 8. The molecule has 0 N–H and O–H groups in total. The highest BCUT2D eigenvalue weighted by atomic mass is 32.1. The predicted molar refractivity (Wildman–Crippen MR) is 146 cm³/mol. The lowest BCUT2D eigenvalue weighted by molar-refractivity contribution is 0.219. The number of piperidine rings is 1. The Bertz CT molecular complexity index is 1360. The molecule has 0 saturated carbocycles. The van der Waals surface area contributed by atoms with Crippen LogP contribution < -0.4 is 10.3 Å². The molecule has 36 heavy (non-hydrogen) atoms. The van der Waals surface area contributed by atoms with Crippen LogP contribution >= 0.6 is 11.3 Å². The highest BCUT2D eigenvalue weighted by Gasteiger charge is 2.20. The van der Waals surface area contributed by atoms with Gasteiger partial charge in [-0.2, -0.15) is 0 Å². The first-order valence-corrected chi connectivity index (χ1v) is 13.5. The van der Waals surface area contributed by atoms with Gasteiger partial charge >= 0.3 is 0 Å². The second kappa shape index (κ2) is 11.2. The van der Waals surface area contributed by atoms with Gasteiger partial charge in [0.25, 0.3) is 5.56 Å². The summed E-state index contributed by atoms with van der Waals surface area (Å²) in [6.45, 7) is 5.75. The van der Waals surface area contributed by atoms with Crippen LogP contribution in [0.1, 0.15) is 43.0 Å². The molecule has 0 radical (unpaired) electrons. The molecule has 0 amide bonds. The molecule has 1 aliphatic rings. The fourth-order valence-electron chi connectivity index (χ4n) is 4.96. The van der Waals surface area contributed by atoms with Gasteiger partial charge in [-0.05, 0) is 73.8 Å². The first-order valence-electron chi connectivity index (χ1n) is 12.6. The quantitative estimate of drug-likeness (QED) is 0.313. The second-order valence-corrected chi connectivity index (χ2v) is 10.1. The molecule has 3 aromatic heterocycles. The van der Waals surface area contributed by atoms with Gasteiger partial charge in [0.05, 0.1) is 24.9 Å². The van der Waals surface area contributed by atoms with E-state index in [-0.39, 0.29) is 5.56 Å². The van der Waals surface area contributed by atoms with Gasteiger partial charge in [0.1, 0.15) is 10.8 Å². The minimum absolute atomic E-state index is 0.0108. The number of hydrogen-bond donors (Lipinski definition) is 0. The Hall–Kier alpha value is -3.29. The minimum atomic E-state index is 0.0108. The van der Waals surface area contributed by atoms with Gasteiger partial charge in [-0.15, -0.1) is 11.3 Å². The summed E-state index contributed by atoms with van der Waals surface area (Å²) >= 11 is 1.56. The van der Waals surface area contributed by atoms with Crippen molar-refractivity contribution in [2.75, 3.05) is 20.2 Å². The lowest BCUT2D eigenvalue weighted by atomic mass is 10.0. The Labute approximate surface area is 216 Å². The Morgan fingerprint density at radius 2 is 1.75 bits per heavy atom. The van der Waals surface area contributed by atoms with Crippen LogP contribution in [0.25, 0.3) is 21.8 Å². The van der Waals surface area contributed by atoms with Crippen LogP contribution in [0.5, 0.6) is 5.75 Å². The summed E-state index contributed by atoms with van der Waals surface area (Å²) in [7, 11) is 1.67. The highest BCUT2D eigenvalue weighted by molar-refractivity contribution is 7.13. The van der Waals surface area contributed by atoms with Crippen LogP contribution in [0.15, 0.2) is 65.0 Å². The second-order valence-electron chi connectivity index (χ2n) is 9.23. The van der Waals surface area contributed by atoms with Crippen molar-refractivity contribution >= 4 is 11.3 Å². The number of nitrogens with zero attached hydrogens (tertiary/aromatic N) is 4. The van der Waals surface area contributed by atoms with Crippen LogP contribution in [-0.2, 0) is 19.5 Å². The molecular formula is C29H32N4O2S. The number of pyridine rings is 2. The summed E-state index contributed by atoms with van der Waals surface area (Å²) in [4.78, 5) is 25.4. The summed E-state index contributed by atoms with van der Waals surface area (Å²) in [5.41, 5.74) is 5.84. The Balaban J connectivity index is 1.59. The van der Waals surface area contributed by atoms with E-state index in [2.05, 4.69) is 22.9 Å². The van der Waals surface area contributed by atoms with E-state index in [1.807, 2.05) is 46.3 Å². The summed E-state index contributed by atoms with van der Waals surface area (Å²) in [5, 5.41) is 2.89. The molecule has 0 spiro atoms. The third kappa shape index (κ3) is 5.27. The average molecular weight is 501 g/mol. The number of benzene rings is 1. The summed E-state index contributed by atoms with van der Waals surface area (Å²) in [6.07, 6.45) is 8.11. The molecule has 1 aliphatic heterocycles. The SMILES string of the molecule is CCc1c(CN2CCCCC2)cc(-c2csc(-c3ccncc3)n2)c(=O)n1Cc1ccc(OC)cc1. The van der Waals surface area contributed by atoms with E-state index in [1.165, 1.54) is 24.8 Å². The molecule has 1 aromatic carbocycles. The van der Waals surface area contributed by atoms with Gasteiger partial charge in [-0.25, -0.2) is 4.98 Å². The van der Waals surface area contributed by atoms with Crippen LogP contribution in [-0.4, -0.2) is 39.6 Å². The van der Waals surface area contributed by atoms with Crippen molar-refractivity contribution in [2.45, 2.75) is 45.7 Å². The Morgan fingerprint density at radius 3 is 2.44 bits per heavy atom. The summed E-state index contributed by atoms with van der Waals surface area (Å²) < 4.78 is 7.28. The standard InChI is InChI=1S/C29H32N4O2S/c1-3-27-23(19-32-15-5-4-6-16-32)17-25(26-20-36-28(31-26)22-11-13-30-14-12-22)29(34)33(27)18-21-7-9-24(35-2)10-8-21/h7-14,17,20H,3-6,15-16,18-19H2,1-2H3. The highest BCUT2D eigenvalue weighted by Crippen LogP contribution is 2.29. The molecule has 0 atom stereocenters. The molecule has 6 nitrogen and oxygen atoms in total. The van der Waals surface area contributed by atoms with E-state index >= 15 is 0 Å². The van der Waals surface area contributed by atoms with E-state index in [0.29, 0.717) is 12.1 Å². The van der Waals surface area contributed by atoms with E-state index in [0.717, 1.165) is 59.3 Å². The zero-order valence-electron chi connectivity index (χ0n) is 20.9. The number of likely N-dealkylation sites (tertiary alicyclic amines) is 1. The fourth-order valence-corrected chi connectivity index (χ4v) is 5.79. The van der Waals surface area contributed by atoms with Gasteiger partial charge in [0.2, 0.25) is 0 Å². The first-order chi connectivity index (χ1) is 17.7. The third-order valence-electron chi connectivity index (χ3n) is 6.88. The van der Waals surface area contributed by atoms with Gasteiger partial charge < -0.3 is 9.30 Å². The normalized spacial score (nSPS) is 14.2. The van der Waals surface area contributed by atoms with Gasteiger partial charge in [-0.1, -0.05) is 25.5 Å². The number of ether oxygens (including phenoxy) is 1. The maximum atomic E-state index is 13.9. The summed E-state index contributed by atoms with van der Waals surface area (Å²) in [6, 6.07) is 14.0. The molecule has 0 bridgehead atoms. The van der Waals surface area contributed by atoms with Crippen molar-refractivity contribution in [1.29, 1.82) is 0 Å². The fraction of sp³-hybridized carbons (Fsp3) is 0.345. The zero-order valence-corrected chi connectivity index (χ0v) is 21.8. The molecule has 0 aliphatic carbocycles. The maximum absolute atomic E-state index is 13.9. The van der Waals surface area contributed by atoms with Crippen molar-refractivity contribution < 1.29 is 4.74 Å². The van der Waals surface area contributed by atoms with Gasteiger partial charge in [-0.3, -0.25) is 14.7 Å². The van der Waals surface area contributed by atoms with Crippen molar-refractivity contribution in [2.24, 2.45) is 0 Å². The maximum Gasteiger partial charge on any atom is 0.260 e. The smallest absolute Gasteiger partial charge is 0.260 e. The van der Waals surface area contributed by atoms with E-state index in [1.54, 1.807) is 30.8 Å². The lowest BCUT2D eigenvalue weighted by Crippen LogP contribution is -2.32. The van der Waals surface area contributed by atoms with Gasteiger partial charge in [0, 0.05) is 35.6 Å². The topological polar surface area (TPSA) is 60.2 Å². The van der Waals surface area contributed by atoms with Crippen molar-refractivity contribution in [3.63, 3.8) is 0 Å². The van der Waals surface area contributed by atoms with E-state index < -0.39 is 0 Å². The van der Waals surface area contributed by atoms with Crippen LogP contribution in [0, 0.1) is 0 Å². The minimum Gasteiger partial charge on any atom is -0.497 e. The number of aromatic nitrogens is 3. The molecule has 0 unspecified atom stereocenters. The number of methoxy groups -OCH3 is 1. The summed E-state index contributed by atoms with van der Waals surface area (Å²) in [5.74, 6) is 0.812. The number of hydrogen-bond acceptors (Lipinski definition) is 6. The largest absolute Gasteiger partial charge is 0.497 e. The molecule has 1 saturated heterocycles. The predicted octanol–water partition coefficient (Wildman–Crippen LogP) is 5.64. The average Bonchev–Trinajstić information content (AvgIpc) is 3.42. The molecule has 186 valence electrons. The first kappa shape index (κ1) is 24.4. The third-order valence-corrected chi connectivity index (χ3v) is 7.77. The van der Waals surface area contributed by atoms with Crippen molar-refractivity contribution in [3.8, 4) is 27.6 Å². The van der Waals surface area contributed by atoms with Crippen LogP contribution in [0.3, 0.4) is 0 Å².